The van der Waals surface area contributed by atoms with E-state index >= 15 is 4.21 Å². The van der Waals surface area contributed by atoms with Crippen LogP contribution in [0, 0.1) is 23.7 Å². The summed E-state index contributed by atoms with van der Waals surface area (Å²) in [5.74, 6) is -14.5. The van der Waals surface area contributed by atoms with Gasteiger partial charge < -0.3 is 91.8 Å². The molecule has 0 aliphatic carbocycles. The fourth-order valence-electron chi connectivity index (χ4n) is 10.4. The maximum atomic E-state index is 15.2. The minimum atomic E-state index is -2.45. The average Bonchev–Trinajstić information content (AvgIpc) is 4.25. The van der Waals surface area contributed by atoms with E-state index in [1.807, 2.05) is 0 Å². The minimum absolute atomic E-state index is 0.0267. The Morgan fingerprint density at radius 1 is 0.852 bits per heavy atom. The molecule has 31 nitrogen and oxygen atoms in total. The standard InChI is InChI=1S/C56H85N11O20S/c1-7-31(2)48-52(78)60-26-46(74)61-40-30-88(82)53-38(37-9-8-36(25-39(37)62-53)87-55(80)65(4)11-12-67(5,56(81)83-6)13-15-85-17-19-86-18-16-84-14-10-57)20-33(50(76)59-27-47(75)63-48)21-43(71)49(32(3)44(72)29-68)64-51(77)41-24-35(69)28-66(41)54(79)34(22-42(40)70)23-45(58)73/h8-9,25,31-35,40-41,44,48-49,62,68-69,72H,7,10-24,26-30,57H2,1-6H3,(H6-,58,59,60,61,63,64,73,74,75,76,77,78)/p+1/t31-,32-,33-,34-,35+,40-,41-,44-,48-,49-,67?,88?/m0/s1. The largest absolute Gasteiger partial charge is 0.515 e. The summed E-state index contributed by atoms with van der Waals surface area (Å²) in [6.07, 6.45) is -7.49. The molecule has 88 heavy (non-hydrogen) atoms. The zero-order chi connectivity index (χ0) is 65.0. The fourth-order valence-corrected chi connectivity index (χ4v) is 11.8. The van der Waals surface area contributed by atoms with E-state index in [0.29, 0.717) is 32.8 Å². The van der Waals surface area contributed by atoms with Crippen molar-refractivity contribution in [2.75, 3.05) is 119 Å². The molecule has 2 bridgehead atoms. The number of hydrogen-bond donors (Lipinski definition) is 11. The summed E-state index contributed by atoms with van der Waals surface area (Å²) in [5.41, 5.74) is 11.2. The van der Waals surface area contributed by atoms with Crippen LogP contribution >= 0.6 is 0 Å². The van der Waals surface area contributed by atoms with Crippen LogP contribution in [0.1, 0.15) is 58.4 Å². The van der Waals surface area contributed by atoms with Crippen molar-refractivity contribution in [3.05, 3.63) is 23.8 Å². The third-order valence-electron chi connectivity index (χ3n) is 15.9. The molecular weight excluding hydrogens is 1180 g/mol. The number of likely N-dealkylation sites (N-methyl/N-ethyl adjacent to an activating group) is 2. The molecule has 0 spiro atoms. The number of nitrogens with two attached hydrogens (primary N) is 2. The van der Waals surface area contributed by atoms with Crippen LogP contribution in [0.15, 0.2) is 23.2 Å². The number of aliphatic hydroxyl groups excluding tert-OH is 3. The van der Waals surface area contributed by atoms with Crippen molar-refractivity contribution >= 4 is 86.8 Å². The van der Waals surface area contributed by atoms with Crippen LogP contribution in [0.25, 0.3) is 10.9 Å². The number of H-pyrrole nitrogens is 1. The van der Waals surface area contributed by atoms with Gasteiger partial charge >= 0.3 is 12.2 Å². The number of aromatic amines is 1. The molecule has 5 rings (SSSR count). The highest BCUT2D eigenvalue weighted by Gasteiger charge is 2.45. The van der Waals surface area contributed by atoms with Gasteiger partial charge in [0.05, 0.1) is 132 Å². The van der Waals surface area contributed by atoms with Gasteiger partial charge in [-0.1, -0.05) is 27.2 Å². The highest BCUT2D eigenvalue weighted by Crippen LogP contribution is 2.33. The Kier molecular flexibility index (Phi) is 27.8. The first kappa shape index (κ1) is 71.7. The summed E-state index contributed by atoms with van der Waals surface area (Å²) < 4.78 is 42.2. The molecule has 0 radical (unpaired) electrons. The van der Waals surface area contributed by atoms with Gasteiger partial charge in [0.2, 0.25) is 41.4 Å². The summed E-state index contributed by atoms with van der Waals surface area (Å²) in [5, 5.41) is 44.5. The molecule has 1 aromatic heterocycles. The predicted molar refractivity (Wildman–Crippen MR) is 311 cm³/mol. The lowest BCUT2D eigenvalue weighted by molar-refractivity contribution is -0.837. The van der Waals surface area contributed by atoms with Gasteiger partial charge in [-0.15, -0.1) is 0 Å². The van der Waals surface area contributed by atoms with Crippen molar-refractivity contribution in [1.82, 2.24) is 41.4 Å². The zero-order valence-electron chi connectivity index (χ0n) is 50.5. The number of rotatable bonds is 22. The van der Waals surface area contributed by atoms with Gasteiger partial charge in [0.25, 0.3) is 0 Å². The monoisotopic (exact) mass is 1260 g/mol. The molecule has 1 fully saturated rings. The number of hydrogen-bond acceptors (Lipinski definition) is 21. The van der Waals surface area contributed by atoms with E-state index < -0.39 is 200 Å². The number of carbonyl (C=O) groups is 11. The van der Waals surface area contributed by atoms with Crippen LogP contribution < -0.4 is 42.8 Å². The molecule has 3 aliphatic heterocycles. The van der Waals surface area contributed by atoms with E-state index in [2.05, 4.69) is 31.6 Å². The van der Waals surface area contributed by atoms with Gasteiger partial charge in [-0.25, -0.2) is 9.28 Å². The first-order chi connectivity index (χ1) is 41.7. The third-order valence-corrected chi connectivity index (χ3v) is 17.3. The maximum absolute atomic E-state index is 15.2. The van der Waals surface area contributed by atoms with Crippen molar-refractivity contribution in [2.45, 2.75) is 101 Å². The Hall–Kier alpha value is -7.04. The van der Waals surface area contributed by atoms with Gasteiger partial charge in [-0.3, -0.25) is 47.4 Å². The Bertz CT molecular complexity index is 2860. The van der Waals surface area contributed by atoms with E-state index in [1.54, 1.807) is 20.9 Å². The number of nitrogens with zero attached hydrogens (tertiary/aromatic N) is 3. The van der Waals surface area contributed by atoms with Gasteiger partial charge in [-0.05, 0) is 30.0 Å². The molecule has 12 atom stereocenters. The molecule has 3 aliphatic rings. The summed E-state index contributed by atoms with van der Waals surface area (Å²) in [6.45, 7) is 4.14. The van der Waals surface area contributed by atoms with Crippen molar-refractivity contribution in [1.29, 1.82) is 0 Å². The van der Waals surface area contributed by atoms with Crippen LogP contribution in [0.2, 0.25) is 0 Å². The van der Waals surface area contributed by atoms with E-state index in [4.69, 9.17) is 35.2 Å². The molecule has 2 aromatic rings. The van der Waals surface area contributed by atoms with Gasteiger partial charge in [-0.2, -0.15) is 4.79 Å². The van der Waals surface area contributed by atoms with E-state index in [-0.39, 0.29) is 71.2 Å². The number of primary amides is 1. The lowest BCUT2D eigenvalue weighted by Crippen LogP contribution is -2.56. The normalized spacial score (nSPS) is 24.7. The molecule has 0 saturated carbocycles. The van der Waals surface area contributed by atoms with Crippen LogP contribution in [-0.2, 0) is 79.3 Å². The van der Waals surface area contributed by atoms with E-state index in [1.165, 1.54) is 44.2 Å². The topological polar surface area (TPSA) is 446 Å². The molecular formula is C56H86N11O20S+. The highest BCUT2D eigenvalue weighted by molar-refractivity contribution is 7.85. The van der Waals surface area contributed by atoms with Crippen molar-refractivity contribution in [3.8, 4) is 5.75 Å². The van der Waals surface area contributed by atoms with Crippen LogP contribution in [-0.4, -0.2) is 259 Å². The number of fused-ring (bicyclic) bond motifs is 5. The molecule has 1 aromatic carbocycles. The van der Waals surface area contributed by atoms with Gasteiger partial charge in [0, 0.05) is 69.1 Å². The molecule has 2 unspecified atom stereocenters. The number of amides is 9. The lowest BCUT2D eigenvalue weighted by Gasteiger charge is -2.32. The number of aliphatic hydroxyl groups is 3. The first-order valence-corrected chi connectivity index (χ1v) is 30.5. The second-order valence-electron chi connectivity index (χ2n) is 22.5. The number of carbonyl (C=O) groups excluding carboxylic acids is 11. The Balaban J connectivity index is 1.59. The lowest BCUT2D eigenvalue weighted by atomic mass is 9.85. The quantitative estimate of drug-likeness (QED) is 0.0398. The highest BCUT2D eigenvalue weighted by atomic mass is 32.2. The number of ketones is 2. The summed E-state index contributed by atoms with van der Waals surface area (Å²) in [6, 6.07) is -2.14. The number of aromatic nitrogens is 1. The van der Waals surface area contributed by atoms with Crippen molar-refractivity contribution < 1.29 is 100 Å². The average molecular weight is 1270 g/mol. The third kappa shape index (κ3) is 20.0. The Morgan fingerprint density at radius 3 is 2.14 bits per heavy atom. The zero-order valence-corrected chi connectivity index (χ0v) is 51.4. The Labute approximate surface area is 511 Å². The molecule has 4 heterocycles. The maximum Gasteiger partial charge on any atom is 0.515 e. The molecule has 9 amide bonds. The van der Waals surface area contributed by atoms with E-state index in [9.17, 15) is 68.1 Å². The van der Waals surface area contributed by atoms with Crippen LogP contribution in [0.3, 0.4) is 0 Å². The molecule has 13 N–H and O–H groups in total. The Morgan fingerprint density at radius 2 is 1.50 bits per heavy atom. The number of ether oxygens (including phenoxy) is 5. The van der Waals surface area contributed by atoms with Gasteiger partial charge in [0.15, 0.2) is 11.6 Å². The SMILES string of the molecule is CC[C@H](C)[C@@H]1NC(=O)CNC(=O)[C@@H]2CC(=O)[C@H]([C@@H](C)[C@@H](O)CO)NC(=O)[C@@H]3C[C@@H](O)CN3C(=O)[C@H](CC(N)=O)CC(=O)[C@H](CS(=O)c3[nH]c4cc(OC(=O)N(C)CC[N+](C)(CCOCCOCCOCCN)C(=O)OC)ccc4c3C2)NC(=O)CNC1=O. The van der Waals surface area contributed by atoms with Gasteiger partial charge in [0.1, 0.15) is 35.9 Å². The second-order valence-corrected chi connectivity index (χ2v) is 23.9. The predicted octanol–water partition coefficient (Wildman–Crippen LogP) is -3.79. The second kappa shape index (κ2) is 34.1. The van der Waals surface area contributed by atoms with Crippen LogP contribution in [0.5, 0.6) is 5.75 Å². The number of benzene rings is 1. The number of nitrogens with one attached hydrogen (secondary N) is 6. The van der Waals surface area contributed by atoms with Crippen molar-refractivity contribution in [3.63, 3.8) is 0 Å². The summed E-state index contributed by atoms with van der Waals surface area (Å²) >= 11 is 0. The number of methoxy groups -OCH3 is 1. The minimum Gasteiger partial charge on any atom is -0.423 e. The van der Waals surface area contributed by atoms with E-state index in [0.717, 1.165) is 4.90 Å². The van der Waals surface area contributed by atoms with Crippen molar-refractivity contribution in [2.24, 2.45) is 35.1 Å². The molecule has 490 valence electrons. The molecule has 1 saturated heterocycles. The molecule has 32 heteroatoms. The fraction of sp³-hybridized carbons (Fsp3) is 0.661. The first-order valence-electron chi connectivity index (χ1n) is 29.1. The smallest absolute Gasteiger partial charge is 0.423 e. The summed E-state index contributed by atoms with van der Waals surface area (Å²) in [7, 11) is 1.82. The summed E-state index contributed by atoms with van der Waals surface area (Å²) in [4.78, 5) is 159. The van der Waals surface area contributed by atoms with Crippen LogP contribution in [0.4, 0.5) is 9.59 Å². The number of Topliss-reactive ketones (excluding diaryl/α,β-unsaturated/α-hetero) is 2. The number of quaternary nitrogens is 1.